The first-order chi connectivity index (χ1) is 13.3. The number of likely N-dealkylation sites (tertiary alicyclic amines) is 1. The van der Waals surface area contributed by atoms with E-state index in [1.165, 1.54) is 7.11 Å². The number of anilines is 2. The average molecular weight is 389 g/mol. The maximum atomic E-state index is 12.4. The van der Waals surface area contributed by atoms with Crippen LogP contribution in [0.1, 0.15) is 32.8 Å². The van der Waals surface area contributed by atoms with E-state index in [0.29, 0.717) is 19.0 Å². The fraction of sp³-hybridized carbons (Fsp3) is 0.619. The van der Waals surface area contributed by atoms with E-state index in [1.54, 1.807) is 4.90 Å². The smallest absolute Gasteiger partial charge is 0.319 e. The van der Waals surface area contributed by atoms with Crippen molar-refractivity contribution < 1.29 is 14.3 Å². The minimum absolute atomic E-state index is 0.0601. The third-order valence-electron chi connectivity index (χ3n) is 5.63. The van der Waals surface area contributed by atoms with Gasteiger partial charge in [0.2, 0.25) is 0 Å². The molecule has 0 radical (unpaired) electrons. The summed E-state index contributed by atoms with van der Waals surface area (Å²) in [6.45, 7) is 10.1. The normalized spacial score (nSPS) is 19.6. The number of ether oxygens (including phenoxy) is 1. The van der Waals surface area contributed by atoms with Gasteiger partial charge in [-0.2, -0.15) is 0 Å². The minimum Gasteiger partial charge on any atom is -0.375 e. The van der Waals surface area contributed by atoms with Crippen LogP contribution in [0.4, 0.5) is 16.2 Å². The third kappa shape index (κ3) is 4.64. The van der Waals surface area contributed by atoms with Gasteiger partial charge in [-0.25, -0.2) is 4.79 Å². The number of methoxy groups -OCH3 is 1. The standard InChI is InChI=1S/C21H32N4O3/c1-21(2,3)24-10-8-15(13-24)12-22-20(27)23-17-6-5-7-18-16(17)9-11-25(18)19(26)14-28-4/h5-7,15H,8-14H2,1-4H3,(H2,22,23,27). The van der Waals surface area contributed by atoms with Crippen molar-refractivity contribution in [3.05, 3.63) is 23.8 Å². The molecule has 2 aliphatic heterocycles. The predicted octanol–water partition coefficient (Wildman–Crippen LogP) is 2.46. The van der Waals surface area contributed by atoms with Crippen LogP contribution in [0.25, 0.3) is 0 Å². The van der Waals surface area contributed by atoms with E-state index in [4.69, 9.17) is 4.74 Å². The number of urea groups is 1. The number of amides is 3. The molecule has 3 rings (SSSR count). The lowest BCUT2D eigenvalue weighted by Gasteiger charge is -2.31. The monoisotopic (exact) mass is 388 g/mol. The van der Waals surface area contributed by atoms with Crippen molar-refractivity contribution in [2.24, 2.45) is 5.92 Å². The lowest BCUT2D eigenvalue weighted by Crippen LogP contribution is -2.40. The summed E-state index contributed by atoms with van der Waals surface area (Å²) in [5, 5.41) is 5.98. The first kappa shape index (κ1) is 20.6. The Kier molecular flexibility index (Phi) is 6.25. The zero-order valence-electron chi connectivity index (χ0n) is 17.4. The summed E-state index contributed by atoms with van der Waals surface area (Å²) in [6.07, 6.45) is 1.83. The van der Waals surface area contributed by atoms with E-state index in [9.17, 15) is 9.59 Å². The van der Waals surface area contributed by atoms with E-state index >= 15 is 0 Å². The SMILES string of the molecule is COCC(=O)N1CCc2c(NC(=O)NCC3CCN(C(C)(C)C)C3)cccc21. The highest BCUT2D eigenvalue weighted by Gasteiger charge is 2.30. The highest BCUT2D eigenvalue weighted by Crippen LogP contribution is 2.33. The van der Waals surface area contributed by atoms with Crippen LogP contribution >= 0.6 is 0 Å². The van der Waals surface area contributed by atoms with Gasteiger partial charge in [-0.1, -0.05) is 6.07 Å². The van der Waals surface area contributed by atoms with Crippen molar-refractivity contribution >= 4 is 23.3 Å². The van der Waals surface area contributed by atoms with Crippen molar-refractivity contribution in [3.8, 4) is 0 Å². The molecule has 0 saturated carbocycles. The largest absolute Gasteiger partial charge is 0.375 e. The molecule has 7 nitrogen and oxygen atoms in total. The Morgan fingerprint density at radius 1 is 1.25 bits per heavy atom. The van der Waals surface area contributed by atoms with Gasteiger partial charge in [-0.3, -0.25) is 9.69 Å². The fourth-order valence-electron chi connectivity index (χ4n) is 4.02. The highest BCUT2D eigenvalue weighted by molar-refractivity contribution is 5.99. The Hall–Kier alpha value is -2.12. The molecule has 2 heterocycles. The summed E-state index contributed by atoms with van der Waals surface area (Å²) in [6, 6.07) is 5.48. The Bertz CT molecular complexity index is 729. The summed E-state index contributed by atoms with van der Waals surface area (Å²) < 4.78 is 4.96. The Balaban J connectivity index is 1.55. The summed E-state index contributed by atoms with van der Waals surface area (Å²) >= 11 is 0. The number of carbonyl (C=O) groups excluding carboxylic acids is 2. The zero-order chi connectivity index (χ0) is 20.3. The number of hydrogen-bond donors (Lipinski definition) is 2. The number of benzene rings is 1. The van der Waals surface area contributed by atoms with Gasteiger partial charge in [-0.15, -0.1) is 0 Å². The summed E-state index contributed by atoms with van der Waals surface area (Å²) in [4.78, 5) is 28.8. The van der Waals surface area contributed by atoms with Gasteiger partial charge in [0, 0.05) is 49.2 Å². The summed E-state index contributed by atoms with van der Waals surface area (Å²) in [5.41, 5.74) is 2.80. The average Bonchev–Trinajstić information content (AvgIpc) is 3.27. The lowest BCUT2D eigenvalue weighted by molar-refractivity contribution is -0.122. The van der Waals surface area contributed by atoms with Crippen LogP contribution in [-0.2, 0) is 16.0 Å². The first-order valence-corrected chi connectivity index (χ1v) is 10.0. The molecule has 3 amide bonds. The Labute approximate surface area is 167 Å². The Morgan fingerprint density at radius 2 is 2.04 bits per heavy atom. The molecule has 0 bridgehead atoms. The molecular formula is C21H32N4O3. The number of nitrogens with one attached hydrogen (secondary N) is 2. The molecule has 2 aliphatic rings. The maximum absolute atomic E-state index is 12.4. The quantitative estimate of drug-likeness (QED) is 0.813. The van der Waals surface area contributed by atoms with Crippen molar-refractivity contribution in [1.82, 2.24) is 10.2 Å². The molecule has 2 N–H and O–H groups in total. The van der Waals surface area contributed by atoms with Gasteiger partial charge in [0.25, 0.3) is 5.91 Å². The molecule has 1 unspecified atom stereocenters. The molecular weight excluding hydrogens is 356 g/mol. The zero-order valence-corrected chi connectivity index (χ0v) is 17.4. The van der Waals surface area contributed by atoms with Gasteiger partial charge >= 0.3 is 6.03 Å². The molecule has 1 atom stereocenters. The summed E-state index contributed by atoms with van der Waals surface area (Å²) in [5.74, 6) is 0.418. The van der Waals surface area contributed by atoms with E-state index in [2.05, 4.69) is 36.3 Å². The van der Waals surface area contributed by atoms with Crippen LogP contribution < -0.4 is 15.5 Å². The number of hydrogen-bond acceptors (Lipinski definition) is 4. The number of carbonyl (C=O) groups is 2. The van der Waals surface area contributed by atoms with Gasteiger partial charge in [0.15, 0.2) is 0 Å². The van der Waals surface area contributed by atoms with Gasteiger partial charge in [-0.05, 0) is 58.2 Å². The third-order valence-corrected chi connectivity index (χ3v) is 5.63. The van der Waals surface area contributed by atoms with Gasteiger partial charge in [0.05, 0.1) is 0 Å². The molecule has 1 fully saturated rings. The molecule has 0 spiro atoms. The van der Waals surface area contributed by atoms with Crippen molar-refractivity contribution in [3.63, 3.8) is 0 Å². The van der Waals surface area contributed by atoms with Gasteiger partial charge < -0.3 is 20.3 Å². The molecule has 154 valence electrons. The summed E-state index contributed by atoms with van der Waals surface area (Å²) in [7, 11) is 1.52. The molecule has 1 aromatic rings. The number of fused-ring (bicyclic) bond motifs is 1. The topological polar surface area (TPSA) is 73.9 Å². The van der Waals surface area contributed by atoms with Crippen LogP contribution in [-0.4, -0.2) is 62.3 Å². The maximum Gasteiger partial charge on any atom is 0.319 e. The van der Waals surface area contributed by atoms with Crippen molar-refractivity contribution in [2.45, 2.75) is 39.2 Å². The predicted molar refractivity (Wildman–Crippen MR) is 111 cm³/mol. The minimum atomic E-state index is -0.190. The van der Waals surface area contributed by atoms with Crippen LogP contribution in [0.15, 0.2) is 18.2 Å². The van der Waals surface area contributed by atoms with E-state index in [0.717, 1.165) is 42.9 Å². The number of rotatable bonds is 5. The van der Waals surface area contributed by atoms with E-state index < -0.39 is 0 Å². The second-order valence-electron chi connectivity index (χ2n) is 8.64. The molecule has 0 aliphatic carbocycles. The van der Waals surface area contributed by atoms with Crippen LogP contribution in [0.5, 0.6) is 0 Å². The second kappa shape index (κ2) is 8.49. The molecule has 7 heteroatoms. The first-order valence-electron chi connectivity index (χ1n) is 10.0. The van der Waals surface area contributed by atoms with Crippen LogP contribution in [0, 0.1) is 5.92 Å². The van der Waals surface area contributed by atoms with E-state index in [1.807, 2.05) is 18.2 Å². The highest BCUT2D eigenvalue weighted by atomic mass is 16.5. The molecule has 28 heavy (non-hydrogen) atoms. The van der Waals surface area contributed by atoms with Crippen LogP contribution in [0.3, 0.4) is 0 Å². The van der Waals surface area contributed by atoms with Gasteiger partial charge in [0.1, 0.15) is 6.61 Å². The fourth-order valence-corrected chi connectivity index (χ4v) is 4.02. The molecule has 1 saturated heterocycles. The van der Waals surface area contributed by atoms with Crippen molar-refractivity contribution in [1.29, 1.82) is 0 Å². The van der Waals surface area contributed by atoms with E-state index in [-0.39, 0.29) is 24.1 Å². The number of nitrogens with zero attached hydrogens (tertiary/aromatic N) is 2. The molecule has 0 aromatic heterocycles. The van der Waals surface area contributed by atoms with Crippen molar-refractivity contribution in [2.75, 3.05) is 50.1 Å². The lowest BCUT2D eigenvalue weighted by atomic mass is 10.1. The Morgan fingerprint density at radius 3 is 2.71 bits per heavy atom. The molecule has 1 aromatic carbocycles. The second-order valence-corrected chi connectivity index (χ2v) is 8.64. The van der Waals surface area contributed by atoms with Crippen LogP contribution in [0.2, 0.25) is 0 Å².